The second-order valence-corrected chi connectivity index (χ2v) is 4.10. The van der Waals surface area contributed by atoms with Gasteiger partial charge in [0, 0.05) is 12.3 Å². The van der Waals surface area contributed by atoms with Crippen LogP contribution in [0.5, 0.6) is 0 Å². The lowest BCUT2D eigenvalue weighted by atomic mass is 9.96. The van der Waals surface area contributed by atoms with Crippen LogP contribution >= 0.6 is 15.9 Å². The van der Waals surface area contributed by atoms with Crippen LogP contribution in [-0.2, 0) is 0 Å². The Hall–Kier alpha value is -1.10. The summed E-state index contributed by atoms with van der Waals surface area (Å²) in [7, 11) is 0. The minimum Gasteiger partial charge on any atom is -0.293 e. The van der Waals surface area contributed by atoms with E-state index in [9.17, 15) is 13.6 Å². The third kappa shape index (κ3) is 1.51. The maximum absolute atomic E-state index is 13.3. The van der Waals surface area contributed by atoms with Crippen molar-refractivity contribution in [1.82, 2.24) is 0 Å². The highest BCUT2D eigenvalue weighted by Gasteiger charge is 2.28. The standard InChI is InChI=1S/C10H6BrF2NO/c1-4-3-14-9-6(13)2-5(12)8(11)7(9)10(4)15/h2-4H,1H3. The second-order valence-electron chi connectivity index (χ2n) is 3.31. The lowest BCUT2D eigenvalue weighted by molar-refractivity contribution is 0.0960. The maximum atomic E-state index is 13.3. The molecule has 5 heteroatoms. The summed E-state index contributed by atoms with van der Waals surface area (Å²) in [6, 6.07) is 0.712. The van der Waals surface area contributed by atoms with Gasteiger partial charge in [-0.1, -0.05) is 6.92 Å². The fourth-order valence-corrected chi connectivity index (χ4v) is 1.92. The van der Waals surface area contributed by atoms with Crippen molar-refractivity contribution in [2.24, 2.45) is 10.9 Å². The molecule has 0 aliphatic carbocycles. The van der Waals surface area contributed by atoms with Gasteiger partial charge >= 0.3 is 0 Å². The number of ketones is 1. The van der Waals surface area contributed by atoms with Crippen molar-refractivity contribution in [3.63, 3.8) is 0 Å². The molecule has 0 aromatic heterocycles. The monoisotopic (exact) mass is 273 g/mol. The van der Waals surface area contributed by atoms with Crippen LogP contribution in [-0.4, -0.2) is 12.0 Å². The van der Waals surface area contributed by atoms with Crippen LogP contribution in [0.1, 0.15) is 17.3 Å². The van der Waals surface area contributed by atoms with E-state index in [2.05, 4.69) is 20.9 Å². The van der Waals surface area contributed by atoms with Crippen molar-refractivity contribution in [3.05, 3.63) is 27.7 Å². The van der Waals surface area contributed by atoms with Gasteiger partial charge in [0.25, 0.3) is 0 Å². The Kier molecular flexibility index (Phi) is 2.42. The molecule has 0 amide bonds. The molecule has 0 saturated carbocycles. The molecule has 1 heterocycles. The van der Waals surface area contributed by atoms with Crippen LogP contribution < -0.4 is 0 Å². The number of benzene rings is 1. The summed E-state index contributed by atoms with van der Waals surface area (Å²) in [5.41, 5.74) is -0.103. The molecule has 1 aromatic carbocycles. The summed E-state index contributed by atoms with van der Waals surface area (Å²) in [5, 5.41) is 0. The Morgan fingerprint density at radius 3 is 2.73 bits per heavy atom. The van der Waals surface area contributed by atoms with Crippen LogP contribution in [0.25, 0.3) is 0 Å². The molecule has 0 spiro atoms. The molecule has 78 valence electrons. The molecule has 2 rings (SSSR count). The molecular formula is C10H6BrF2NO. The molecule has 0 bridgehead atoms. The highest BCUT2D eigenvalue weighted by Crippen LogP contribution is 2.36. The first-order valence-corrected chi connectivity index (χ1v) is 5.07. The van der Waals surface area contributed by atoms with Crippen molar-refractivity contribution < 1.29 is 13.6 Å². The molecule has 1 aliphatic heterocycles. The van der Waals surface area contributed by atoms with E-state index < -0.39 is 17.6 Å². The second kappa shape index (κ2) is 3.48. The van der Waals surface area contributed by atoms with Gasteiger partial charge in [0.05, 0.1) is 16.0 Å². The molecule has 1 aromatic rings. The highest BCUT2D eigenvalue weighted by molar-refractivity contribution is 9.10. The Labute approximate surface area is 93.1 Å². The molecule has 2 nitrogen and oxygen atoms in total. The summed E-state index contributed by atoms with van der Waals surface area (Å²) in [6.07, 6.45) is 1.36. The number of hydrogen-bond donors (Lipinski definition) is 0. The summed E-state index contributed by atoms with van der Waals surface area (Å²) in [6.45, 7) is 1.63. The molecular weight excluding hydrogens is 268 g/mol. The number of rotatable bonds is 0. The van der Waals surface area contributed by atoms with E-state index in [1.807, 2.05) is 0 Å². The van der Waals surface area contributed by atoms with Crippen molar-refractivity contribution in [2.75, 3.05) is 0 Å². The van der Waals surface area contributed by atoms with E-state index in [4.69, 9.17) is 0 Å². The minimum atomic E-state index is -0.817. The predicted molar refractivity (Wildman–Crippen MR) is 55.7 cm³/mol. The number of nitrogens with zero attached hydrogens (tertiary/aromatic N) is 1. The number of halogens is 3. The average molecular weight is 274 g/mol. The van der Waals surface area contributed by atoms with Gasteiger partial charge in [-0.25, -0.2) is 8.78 Å². The number of carbonyl (C=O) groups excluding carboxylic acids is 1. The first-order chi connectivity index (χ1) is 7.02. The zero-order valence-electron chi connectivity index (χ0n) is 7.72. The van der Waals surface area contributed by atoms with Crippen molar-refractivity contribution in [3.8, 4) is 0 Å². The largest absolute Gasteiger partial charge is 0.293 e. The molecule has 0 N–H and O–H groups in total. The zero-order chi connectivity index (χ0) is 11.2. The SMILES string of the molecule is CC1C=Nc2c(F)cc(F)c(Br)c2C1=O. The van der Waals surface area contributed by atoms with Gasteiger partial charge in [-0.05, 0) is 15.9 Å². The zero-order valence-corrected chi connectivity index (χ0v) is 9.31. The molecule has 0 radical (unpaired) electrons. The number of Topliss-reactive ketones (excluding diaryl/α,β-unsaturated/α-hetero) is 1. The summed E-state index contributed by atoms with van der Waals surface area (Å²) >= 11 is 2.93. The fraction of sp³-hybridized carbons (Fsp3) is 0.200. The smallest absolute Gasteiger partial charge is 0.174 e. The van der Waals surface area contributed by atoms with Crippen LogP contribution in [0.3, 0.4) is 0 Å². The van der Waals surface area contributed by atoms with Crippen molar-refractivity contribution in [2.45, 2.75) is 6.92 Å². The lowest BCUT2D eigenvalue weighted by Gasteiger charge is -2.16. The first-order valence-electron chi connectivity index (χ1n) is 4.28. The van der Waals surface area contributed by atoms with Gasteiger partial charge < -0.3 is 0 Å². The van der Waals surface area contributed by atoms with Gasteiger partial charge in [-0.3, -0.25) is 9.79 Å². The van der Waals surface area contributed by atoms with E-state index in [0.717, 1.165) is 0 Å². The van der Waals surface area contributed by atoms with Crippen molar-refractivity contribution >= 4 is 33.6 Å². The fourth-order valence-electron chi connectivity index (χ4n) is 1.42. The van der Waals surface area contributed by atoms with Crippen molar-refractivity contribution in [1.29, 1.82) is 0 Å². The average Bonchev–Trinajstić information content (AvgIpc) is 2.19. The Morgan fingerprint density at radius 2 is 2.07 bits per heavy atom. The normalized spacial score (nSPS) is 19.2. The minimum absolute atomic E-state index is 0.0116. The van der Waals surface area contributed by atoms with Gasteiger partial charge in [0.15, 0.2) is 11.6 Å². The number of aliphatic imine (C=N–C) groups is 1. The Balaban J connectivity index is 2.78. The topological polar surface area (TPSA) is 29.4 Å². The summed E-state index contributed by atoms with van der Waals surface area (Å²) in [5.74, 6) is -2.38. The summed E-state index contributed by atoms with van der Waals surface area (Å²) in [4.78, 5) is 15.5. The Morgan fingerprint density at radius 1 is 1.40 bits per heavy atom. The van der Waals surface area contributed by atoms with Crippen LogP contribution in [0.2, 0.25) is 0 Å². The molecule has 0 saturated heterocycles. The lowest BCUT2D eigenvalue weighted by Crippen LogP contribution is -2.18. The van der Waals surface area contributed by atoms with Crippen LogP contribution in [0.15, 0.2) is 15.5 Å². The molecule has 1 atom stereocenters. The van der Waals surface area contributed by atoms with Crippen LogP contribution in [0, 0.1) is 17.6 Å². The van der Waals surface area contributed by atoms with E-state index in [-0.39, 0.29) is 21.5 Å². The molecule has 15 heavy (non-hydrogen) atoms. The highest BCUT2D eigenvalue weighted by atomic mass is 79.9. The van der Waals surface area contributed by atoms with Gasteiger partial charge in [-0.15, -0.1) is 0 Å². The third-order valence-corrected chi connectivity index (χ3v) is 3.01. The van der Waals surface area contributed by atoms with E-state index in [1.165, 1.54) is 6.21 Å². The maximum Gasteiger partial charge on any atom is 0.174 e. The third-order valence-electron chi connectivity index (χ3n) is 2.23. The first kappa shape index (κ1) is 10.4. The Bertz CT molecular complexity index is 485. The predicted octanol–water partition coefficient (Wildman–Crippen LogP) is 3.26. The van der Waals surface area contributed by atoms with Crippen LogP contribution in [0.4, 0.5) is 14.5 Å². The summed E-state index contributed by atoms with van der Waals surface area (Å²) < 4.78 is 26.4. The van der Waals surface area contributed by atoms with E-state index in [1.54, 1.807) is 6.92 Å². The van der Waals surface area contributed by atoms with E-state index in [0.29, 0.717) is 6.07 Å². The van der Waals surface area contributed by atoms with Gasteiger partial charge in [0.1, 0.15) is 11.5 Å². The number of carbonyl (C=O) groups is 1. The number of hydrogen-bond acceptors (Lipinski definition) is 2. The number of fused-ring (bicyclic) bond motifs is 1. The van der Waals surface area contributed by atoms with E-state index >= 15 is 0 Å². The molecule has 0 fully saturated rings. The molecule has 1 unspecified atom stereocenters. The van der Waals surface area contributed by atoms with Gasteiger partial charge in [0.2, 0.25) is 0 Å². The van der Waals surface area contributed by atoms with Gasteiger partial charge in [-0.2, -0.15) is 0 Å². The molecule has 1 aliphatic rings. The quantitative estimate of drug-likeness (QED) is 0.667.